The zero-order valence-electron chi connectivity index (χ0n) is 11.6. The minimum Gasteiger partial charge on any atom is -0.324 e. The normalized spacial score (nSPS) is 10.4. The summed E-state index contributed by atoms with van der Waals surface area (Å²) in [7, 11) is 0. The van der Waals surface area contributed by atoms with Crippen LogP contribution in [-0.2, 0) is 0 Å². The topological polar surface area (TPSA) is 121 Å². The summed E-state index contributed by atoms with van der Waals surface area (Å²) in [6.45, 7) is 0. The lowest BCUT2D eigenvalue weighted by molar-refractivity contribution is -0.114. The van der Waals surface area contributed by atoms with Crippen LogP contribution in [0.15, 0.2) is 48.5 Å². The van der Waals surface area contributed by atoms with Crippen LogP contribution >= 0.6 is 0 Å². The first kappa shape index (κ1) is 13.6. The SMILES string of the molecule is NC(=[NH2+])c1ccc2nc(NC(=O)Nc3ccccc3)[nH]c2c1. The maximum atomic E-state index is 11.9. The van der Waals surface area contributed by atoms with Crippen molar-refractivity contribution in [3.05, 3.63) is 54.1 Å². The fraction of sp³-hybridized carbons (Fsp3) is 0. The van der Waals surface area contributed by atoms with E-state index < -0.39 is 0 Å². The largest absolute Gasteiger partial charge is 0.326 e. The third kappa shape index (κ3) is 2.88. The average Bonchev–Trinajstić information content (AvgIpc) is 2.89. The van der Waals surface area contributed by atoms with Gasteiger partial charge in [-0.2, -0.15) is 0 Å². The fourth-order valence-corrected chi connectivity index (χ4v) is 2.04. The highest BCUT2D eigenvalue weighted by molar-refractivity contribution is 6.00. The molecule has 1 heterocycles. The maximum Gasteiger partial charge on any atom is 0.326 e. The van der Waals surface area contributed by atoms with Gasteiger partial charge in [-0.15, -0.1) is 0 Å². The Morgan fingerprint density at radius 3 is 2.64 bits per heavy atom. The second kappa shape index (κ2) is 5.57. The zero-order chi connectivity index (χ0) is 15.5. The van der Waals surface area contributed by atoms with E-state index in [1.54, 1.807) is 30.3 Å². The van der Waals surface area contributed by atoms with Crippen LogP contribution in [0.4, 0.5) is 16.4 Å². The number of rotatable bonds is 3. The van der Waals surface area contributed by atoms with E-state index in [9.17, 15) is 4.79 Å². The van der Waals surface area contributed by atoms with E-state index in [0.29, 0.717) is 22.7 Å². The summed E-state index contributed by atoms with van der Waals surface area (Å²) in [5.74, 6) is 0.573. The number of nitrogens with zero attached hydrogens (tertiary/aromatic N) is 1. The second-order valence-corrected chi connectivity index (χ2v) is 4.72. The standard InChI is InChI=1S/C15H14N6O/c16-13(17)9-6-7-11-12(8-9)20-14(19-11)21-15(22)18-10-4-2-1-3-5-10/h1-8H,(H3,16,17)(H3,18,19,20,21,22)/p+1. The number of benzene rings is 2. The van der Waals surface area contributed by atoms with Gasteiger partial charge in [-0.25, -0.2) is 9.78 Å². The summed E-state index contributed by atoms with van der Waals surface area (Å²) in [6, 6.07) is 14.1. The number of fused-ring (bicyclic) bond motifs is 1. The number of amidine groups is 1. The van der Waals surface area contributed by atoms with Crippen LogP contribution in [0, 0.1) is 0 Å². The van der Waals surface area contributed by atoms with Crippen molar-refractivity contribution in [3.63, 3.8) is 0 Å². The van der Waals surface area contributed by atoms with E-state index in [2.05, 4.69) is 20.6 Å². The van der Waals surface area contributed by atoms with Crippen molar-refractivity contribution >= 4 is 34.5 Å². The number of hydrogen-bond acceptors (Lipinski definition) is 2. The molecule has 110 valence electrons. The van der Waals surface area contributed by atoms with Crippen LogP contribution in [0.3, 0.4) is 0 Å². The van der Waals surface area contributed by atoms with E-state index in [1.165, 1.54) is 0 Å². The molecular formula is C15H15N6O+. The van der Waals surface area contributed by atoms with E-state index in [0.717, 1.165) is 5.52 Å². The van der Waals surface area contributed by atoms with Crippen molar-refractivity contribution < 1.29 is 10.2 Å². The Hall–Kier alpha value is -3.35. The summed E-state index contributed by atoms with van der Waals surface area (Å²) in [6.07, 6.45) is 0. The number of hydrogen-bond donors (Lipinski definition) is 5. The van der Waals surface area contributed by atoms with Crippen molar-refractivity contribution in [1.29, 1.82) is 0 Å². The van der Waals surface area contributed by atoms with Crippen molar-refractivity contribution in [2.24, 2.45) is 5.73 Å². The number of carbonyl (C=O) groups is 1. The van der Waals surface area contributed by atoms with Gasteiger partial charge in [-0.3, -0.25) is 16.5 Å². The number of urea groups is 1. The molecule has 3 rings (SSSR count). The van der Waals surface area contributed by atoms with Gasteiger partial charge in [-0.1, -0.05) is 18.2 Å². The van der Waals surface area contributed by atoms with Crippen LogP contribution in [-0.4, -0.2) is 21.8 Å². The van der Waals surface area contributed by atoms with Gasteiger partial charge in [0.1, 0.15) is 0 Å². The van der Waals surface area contributed by atoms with Gasteiger partial charge in [0, 0.05) is 5.69 Å². The van der Waals surface area contributed by atoms with Crippen LogP contribution in [0.25, 0.3) is 11.0 Å². The number of amides is 2. The molecule has 0 bridgehead atoms. The van der Waals surface area contributed by atoms with Crippen molar-refractivity contribution in [2.45, 2.75) is 0 Å². The third-order valence-electron chi connectivity index (χ3n) is 3.08. The fourth-order valence-electron chi connectivity index (χ4n) is 2.04. The van der Waals surface area contributed by atoms with Crippen LogP contribution in [0.5, 0.6) is 0 Å². The monoisotopic (exact) mass is 295 g/mol. The Bertz CT molecular complexity index is 840. The highest BCUT2D eigenvalue weighted by Crippen LogP contribution is 2.16. The predicted molar refractivity (Wildman–Crippen MR) is 85.4 cm³/mol. The molecule has 0 saturated heterocycles. The molecular weight excluding hydrogens is 280 g/mol. The van der Waals surface area contributed by atoms with E-state index >= 15 is 0 Å². The molecule has 0 unspecified atom stereocenters. The number of aromatic nitrogens is 2. The molecule has 2 aromatic carbocycles. The molecule has 7 nitrogen and oxygen atoms in total. The molecule has 0 aliphatic rings. The highest BCUT2D eigenvalue weighted by Gasteiger charge is 2.09. The van der Waals surface area contributed by atoms with Crippen LogP contribution in [0.1, 0.15) is 5.56 Å². The van der Waals surface area contributed by atoms with Crippen LogP contribution < -0.4 is 21.8 Å². The Morgan fingerprint density at radius 1 is 1.14 bits per heavy atom. The molecule has 3 aromatic rings. The van der Waals surface area contributed by atoms with Crippen molar-refractivity contribution in [3.8, 4) is 0 Å². The van der Waals surface area contributed by atoms with Gasteiger partial charge < -0.3 is 10.3 Å². The van der Waals surface area contributed by atoms with Gasteiger partial charge in [0.15, 0.2) is 0 Å². The number of carbonyl (C=O) groups excluding carboxylic acids is 1. The highest BCUT2D eigenvalue weighted by atomic mass is 16.2. The third-order valence-corrected chi connectivity index (χ3v) is 3.08. The van der Waals surface area contributed by atoms with Crippen LogP contribution in [0.2, 0.25) is 0 Å². The Labute approximate surface area is 126 Å². The molecule has 0 fully saturated rings. The first-order valence-corrected chi connectivity index (χ1v) is 6.63. The minimum atomic E-state index is -0.379. The lowest BCUT2D eigenvalue weighted by Gasteiger charge is -2.04. The zero-order valence-corrected chi connectivity index (χ0v) is 11.6. The molecule has 22 heavy (non-hydrogen) atoms. The molecule has 0 spiro atoms. The lowest BCUT2D eigenvalue weighted by atomic mass is 10.2. The van der Waals surface area contributed by atoms with Gasteiger partial charge >= 0.3 is 6.03 Å². The van der Waals surface area contributed by atoms with Gasteiger partial charge in [0.25, 0.3) is 5.84 Å². The summed E-state index contributed by atoms with van der Waals surface area (Å²) in [5, 5.41) is 10.9. The number of nitrogens with two attached hydrogens (primary N) is 2. The predicted octanol–water partition coefficient (Wildman–Crippen LogP) is 0.671. The molecule has 0 aliphatic carbocycles. The number of nitrogens with one attached hydrogen (secondary N) is 3. The second-order valence-electron chi connectivity index (χ2n) is 4.72. The molecule has 1 aromatic heterocycles. The van der Waals surface area contributed by atoms with E-state index in [1.807, 2.05) is 18.2 Å². The van der Waals surface area contributed by atoms with Gasteiger partial charge in [0.2, 0.25) is 5.95 Å². The Balaban J connectivity index is 1.76. The number of imidazole rings is 1. The summed E-state index contributed by atoms with van der Waals surface area (Å²) < 4.78 is 0. The molecule has 0 radical (unpaired) electrons. The minimum absolute atomic E-state index is 0.229. The number of aromatic amines is 1. The number of H-pyrrole nitrogens is 1. The quantitative estimate of drug-likeness (QED) is 0.360. The molecule has 0 aliphatic heterocycles. The Kier molecular flexibility index (Phi) is 3.45. The van der Waals surface area contributed by atoms with Crippen molar-refractivity contribution in [1.82, 2.24) is 9.97 Å². The maximum absolute atomic E-state index is 11.9. The summed E-state index contributed by atoms with van der Waals surface area (Å²) in [4.78, 5) is 19.2. The Morgan fingerprint density at radius 2 is 1.91 bits per heavy atom. The van der Waals surface area contributed by atoms with E-state index in [-0.39, 0.29) is 11.9 Å². The van der Waals surface area contributed by atoms with Gasteiger partial charge in [0.05, 0.1) is 16.6 Å². The van der Waals surface area contributed by atoms with Crippen molar-refractivity contribution in [2.75, 3.05) is 10.6 Å². The smallest absolute Gasteiger partial charge is 0.324 e. The first-order valence-electron chi connectivity index (χ1n) is 6.63. The molecule has 2 amide bonds. The lowest BCUT2D eigenvalue weighted by Crippen LogP contribution is -2.46. The van der Waals surface area contributed by atoms with E-state index in [4.69, 9.17) is 11.1 Å². The first-order chi connectivity index (χ1) is 10.6. The number of anilines is 2. The summed E-state index contributed by atoms with van der Waals surface area (Å²) in [5.41, 5.74) is 8.41. The molecule has 7 N–H and O–H groups in total. The average molecular weight is 295 g/mol. The molecule has 7 heteroatoms. The molecule has 0 atom stereocenters. The number of para-hydroxylation sites is 1. The summed E-state index contributed by atoms with van der Waals surface area (Å²) >= 11 is 0. The van der Waals surface area contributed by atoms with Gasteiger partial charge in [-0.05, 0) is 30.3 Å². The molecule has 0 saturated carbocycles.